The first kappa shape index (κ1) is 8.41. The molecule has 0 aliphatic heterocycles. The number of unbranched alkanes of at least 4 members (excludes halogenated alkanes) is 2. The van der Waals surface area contributed by atoms with Crippen molar-refractivity contribution in [1.82, 2.24) is 0 Å². The van der Waals surface area contributed by atoms with Crippen LogP contribution in [0.15, 0.2) is 12.2 Å². The minimum atomic E-state index is 1.13. The average molecular weight is 126 g/mol. The van der Waals surface area contributed by atoms with Gasteiger partial charge < -0.3 is 4.42 Å². The lowest BCUT2D eigenvalue weighted by Crippen LogP contribution is -1.69. The molecule has 0 aromatic heterocycles. The molecule has 1 nitrogen and oxygen atoms in total. The number of hydrogen-bond acceptors (Lipinski definition) is 0. The molecule has 0 unspecified atom stereocenters. The lowest BCUT2D eigenvalue weighted by Gasteiger charge is -1.88. The van der Waals surface area contributed by atoms with Crippen LogP contribution in [0.4, 0.5) is 0 Å². The van der Waals surface area contributed by atoms with E-state index in [0.29, 0.717) is 0 Å². The summed E-state index contributed by atoms with van der Waals surface area (Å²) in [6.45, 7) is 2.18. The molecule has 0 saturated heterocycles. The third-order valence-electron chi connectivity index (χ3n) is 1.03. The first-order valence-electron chi connectivity index (χ1n) is 3.35. The van der Waals surface area contributed by atoms with E-state index in [9.17, 15) is 0 Å². The van der Waals surface area contributed by atoms with Gasteiger partial charge in [-0.25, -0.2) is 6.08 Å². The highest BCUT2D eigenvalue weighted by Crippen LogP contribution is 1.93. The third kappa shape index (κ3) is 7.41. The molecule has 0 aliphatic rings. The Morgan fingerprint density at radius 2 is 2.33 bits per heavy atom. The fraction of sp³-hybridized carbons (Fsp3) is 0.625. The van der Waals surface area contributed by atoms with Crippen LogP contribution >= 0.6 is 0 Å². The maximum Gasteiger partial charge on any atom is 0.229 e. The van der Waals surface area contributed by atoms with Crippen LogP contribution in [0.2, 0.25) is 0 Å². The minimum Gasteiger partial charge on any atom is -0.355 e. The summed E-state index contributed by atoms with van der Waals surface area (Å²) >= 11 is 0. The van der Waals surface area contributed by atoms with Crippen LogP contribution in [0.25, 0.3) is 0 Å². The summed E-state index contributed by atoms with van der Waals surface area (Å²) in [6, 6.07) is 0. The van der Waals surface area contributed by atoms with Gasteiger partial charge in [0.2, 0.25) is 13.4 Å². The Bertz CT molecular complexity index is 92.7. The molecule has 1 heteroatoms. The first-order chi connectivity index (χ1) is 4.41. The molecular weight excluding hydrogens is 112 g/mol. The predicted octanol–water partition coefficient (Wildman–Crippen LogP) is 2.01. The second kappa shape index (κ2) is 7.41. The molecule has 0 N–H and O–H groups in total. The van der Waals surface area contributed by atoms with Gasteiger partial charge in [0.05, 0.1) is 0 Å². The molecule has 0 aromatic rings. The van der Waals surface area contributed by atoms with E-state index in [4.69, 9.17) is 0 Å². The molecule has 0 heterocycles. The van der Waals surface area contributed by atoms with E-state index in [1.807, 2.05) is 6.08 Å². The number of carbonyl (C=O) groups excluding carboxylic acids is 1. The molecule has 0 bridgehead atoms. The summed E-state index contributed by atoms with van der Waals surface area (Å²) in [6.07, 6.45) is 10.1. The van der Waals surface area contributed by atoms with Gasteiger partial charge >= 0.3 is 0 Å². The van der Waals surface area contributed by atoms with Crippen molar-refractivity contribution in [2.45, 2.75) is 26.2 Å². The normalized spacial score (nSPS) is 11.8. The van der Waals surface area contributed by atoms with Gasteiger partial charge in [-0.2, -0.15) is 0 Å². The Labute approximate surface area is 57.1 Å². The molecule has 0 saturated carbocycles. The van der Waals surface area contributed by atoms with Crippen LogP contribution in [0, 0.1) is 0 Å². The van der Waals surface area contributed by atoms with Gasteiger partial charge in [0.15, 0.2) is 0 Å². The zero-order valence-electron chi connectivity index (χ0n) is 6.18. The van der Waals surface area contributed by atoms with Crippen molar-refractivity contribution in [2.24, 2.45) is 0 Å². The predicted molar refractivity (Wildman–Crippen MR) is 40.3 cm³/mol. The zero-order valence-corrected chi connectivity index (χ0v) is 6.18. The number of hydrogen-bond donors (Lipinski definition) is 0. The topological polar surface area (TPSA) is 11.3 Å². The van der Waals surface area contributed by atoms with Crippen molar-refractivity contribution in [2.75, 3.05) is 7.11 Å². The molecular formula is C8H14O. The molecule has 0 spiro atoms. The van der Waals surface area contributed by atoms with E-state index in [1.165, 1.54) is 12.8 Å². The monoisotopic (exact) mass is 126 g/mol. The maximum atomic E-state index is 4.59. The highest BCUT2D eigenvalue weighted by Gasteiger charge is 1.70. The Kier molecular flexibility index (Phi) is 6.92. The molecule has 9 heavy (non-hydrogen) atoms. The van der Waals surface area contributed by atoms with Gasteiger partial charge in [0.25, 0.3) is 0 Å². The van der Waals surface area contributed by atoms with Crippen LogP contribution in [-0.2, 0) is 4.42 Å². The summed E-state index contributed by atoms with van der Waals surface area (Å²) in [5, 5.41) is 0. The number of allylic oxidation sites excluding steroid dienone is 2. The Morgan fingerprint density at radius 3 is 2.89 bits per heavy atom. The van der Waals surface area contributed by atoms with E-state index >= 15 is 0 Å². The second-order valence-electron chi connectivity index (χ2n) is 1.87. The Hall–Kier alpha value is -0.590. The summed E-state index contributed by atoms with van der Waals surface area (Å²) < 4.78 is 4.59. The van der Waals surface area contributed by atoms with Gasteiger partial charge in [-0.05, 0) is 0 Å². The standard InChI is InChI=1S/C8H14O/c1-3-4-5-6-7-8-9-2/h6-7H,3-5H2,1-2H3/b7-6+. The van der Waals surface area contributed by atoms with Crippen molar-refractivity contribution in [3.8, 4) is 0 Å². The van der Waals surface area contributed by atoms with Crippen molar-refractivity contribution in [1.29, 1.82) is 0 Å². The lowest BCUT2D eigenvalue weighted by atomic mass is 10.2. The maximum absolute atomic E-state index is 4.59. The zero-order chi connectivity index (χ0) is 6.95. The summed E-state index contributed by atoms with van der Waals surface area (Å²) in [7, 11) is 1.60. The van der Waals surface area contributed by atoms with E-state index in [1.54, 1.807) is 7.11 Å². The van der Waals surface area contributed by atoms with E-state index < -0.39 is 0 Å². The van der Waals surface area contributed by atoms with Gasteiger partial charge in [-0.15, -0.1) is 12.5 Å². The second-order valence-corrected chi connectivity index (χ2v) is 1.87. The van der Waals surface area contributed by atoms with Gasteiger partial charge in [0.1, 0.15) is 0 Å². The molecule has 0 radical (unpaired) electrons. The first-order valence-corrected chi connectivity index (χ1v) is 3.35. The quantitative estimate of drug-likeness (QED) is 0.236. The fourth-order valence-electron chi connectivity index (χ4n) is 0.521. The SMILES string of the molecule is CCCC/C=C/[C-]=[O+]C. The van der Waals surface area contributed by atoms with E-state index in [0.717, 1.165) is 6.42 Å². The van der Waals surface area contributed by atoms with Crippen molar-refractivity contribution in [3.63, 3.8) is 0 Å². The summed E-state index contributed by atoms with van der Waals surface area (Å²) in [4.78, 5) is 0. The van der Waals surface area contributed by atoms with Crippen LogP contribution in [0.3, 0.4) is 0 Å². The van der Waals surface area contributed by atoms with Gasteiger partial charge in [0, 0.05) is 0 Å². The highest BCUT2D eigenvalue weighted by molar-refractivity contribution is 5.65. The third-order valence-corrected chi connectivity index (χ3v) is 1.03. The molecule has 0 fully saturated rings. The lowest BCUT2D eigenvalue weighted by molar-refractivity contribution is 0.186. The average Bonchev–Trinajstić information content (AvgIpc) is 1.89. The van der Waals surface area contributed by atoms with Gasteiger partial charge in [-0.1, -0.05) is 19.8 Å². The largest absolute Gasteiger partial charge is 0.355 e. The summed E-state index contributed by atoms with van der Waals surface area (Å²) in [5.74, 6) is 0. The van der Waals surface area contributed by atoms with Crippen LogP contribution < -0.4 is 0 Å². The van der Waals surface area contributed by atoms with E-state index in [-0.39, 0.29) is 0 Å². The van der Waals surface area contributed by atoms with Crippen molar-refractivity contribution in [3.05, 3.63) is 12.2 Å². The van der Waals surface area contributed by atoms with Gasteiger partial charge in [-0.3, -0.25) is 0 Å². The van der Waals surface area contributed by atoms with Crippen molar-refractivity contribution >= 4 is 6.29 Å². The number of rotatable bonds is 4. The van der Waals surface area contributed by atoms with Crippen LogP contribution in [0.5, 0.6) is 0 Å². The Balaban J connectivity index is 3.04. The molecule has 0 atom stereocenters. The highest BCUT2D eigenvalue weighted by atomic mass is 16.4. The minimum absolute atomic E-state index is 1.13. The molecule has 0 aromatic carbocycles. The molecule has 0 rings (SSSR count). The fourth-order valence-corrected chi connectivity index (χ4v) is 0.521. The Morgan fingerprint density at radius 1 is 1.56 bits per heavy atom. The molecule has 0 amide bonds. The van der Waals surface area contributed by atoms with Crippen LogP contribution in [0.1, 0.15) is 26.2 Å². The summed E-state index contributed by atoms with van der Waals surface area (Å²) in [5.41, 5.74) is 0. The van der Waals surface area contributed by atoms with E-state index in [2.05, 4.69) is 23.7 Å². The smallest absolute Gasteiger partial charge is 0.229 e. The molecule has 0 aliphatic carbocycles. The van der Waals surface area contributed by atoms with Crippen LogP contribution in [-0.4, -0.2) is 13.4 Å². The van der Waals surface area contributed by atoms with Crippen molar-refractivity contribution < 1.29 is 4.42 Å². The molecule has 52 valence electrons.